The van der Waals surface area contributed by atoms with Gasteiger partial charge in [-0.3, -0.25) is 9.59 Å². The van der Waals surface area contributed by atoms with Gasteiger partial charge in [-0.2, -0.15) is 0 Å². The van der Waals surface area contributed by atoms with Crippen molar-refractivity contribution in [1.82, 2.24) is 10.2 Å². The number of rotatable bonds is 7. The summed E-state index contributed by atoms with van der Waals surface area (Å²) in [7, 11) is -1.06. The third-order valence-corrected chi connectivity index (χ3v) is 4.87. The van der Waals surface area contributed by atoms with Crippen LogP contribution in [-0.2, 0) is 16.0 Å². The number of aliphatic hydroxyl groups excluding tert-OH is 1. The van der Waals surface area contributed by atoms with Gasteiger partial charge in [0.15, 0.2) is 0 Å². The van der Waals surface area contributed by atoms with Crippen LogP contribution in [0.3, 0.4) is 0 Å². The predicted octanol–water partition coefficient (Wildman–Crippen LogP) is -0.723. The van der Waals surface area contributed by atoms with Crippen molar-refractivity contribution in [3.8, 4) is 11.5 Å². The number of aryl methyl sites for hydroxylation is 1. The third-order valence-electron chi connectivity index (χ3n) is 4.87. The second-order valence-electron chi connectivity index (χ2n) is 7.09. The maximum atomic E-state index is 12.3. The molecule has 1 saturated heterocycles. The van der Waals surface area contributed by atoms with E-state index in [1.807, 2.05) is 0 Å². The van der Waals surface area contributed by atoms with Crippen LogP contribution in [0.1, 0.15) is 29.3 Å². The topological polar surface area (TPSA) is 146 Å². The van der Waals surface area contributed by atoms with Crippen molar-refractivity contribution < 1.29 is 39.0 Å². The largest absolute Gasteiger partial charge is 0.535 e. The number of fused-ring (bicyclic) bond motifs is 1. The van der Waals surface area contributed by atoms with E-state index in [0.29, 0.717) is 18.3 Å². The van der Waals surface area contributed by atoms with E-state index in [0.717, 1.165) is 0 Å². The molecule has 156 valence electrons. The minimum absolute atomic E-state index is 0.0730. The Morgan fingerprint density at radius 2 is 2.10 bits per heavy atom. The van der Waals surface area contributed by atoms with Crippen LogP contribution in [0.5, 0.6) is 11.5 Å². The van der Waals surface area contributed by atoms with E-state index in [2.05, 4.69) is 5.32 Å². The van der Waals surface area contributed by atoms with Crippen molar-refractivity contribution in [2.24, 2.45) is 0 Å². The summed E-state index contributed by atoms with van der Waals surface area (Å²) in [5.41, 5.74) is 0.550. The quantitative estimate of drug-likeness (QED) is 0.434. The maximum absolute atomic E-state index is 12.3. The van der Waals surface area contributed by atoms with E-state index in [1.54, 1.807) is 19.1 Å². The Balaban J connectivity index is 1.62. The van der Waals surface area contributed by atoms with Gasteiger partial charge in [0.05, 0.1) is 19.7 Å². The van der Waals surface area contributed by atoms with Crippen LogP contribution in [0.25, 0.3) is 0 Å². The summed E-state index contributed by atoms with van der Waals surface area (Å²) >= 11 is 0. The Morgan fingerprint density at radius 3 is 2.76 bits per heavy atom. The number of carbonyl (C=O) groups excluding carboxylic acids is 2. The molecule has 11 heteroatoms. The summed E-state index contributed by atoms with van der Waals surface area (Å²) in [5.74, 6) is -1.69. The zero-order valence-corrected chi connectivity index (χ0v) is 16.0. The molecule has 3 rings (SSSR count). The molecule has 0 bridgehead atoms. The molecule has 0 aliphatic carbocycles. The Labute approximate surface area is 167 Å². The Bertz CT molecular complexity index is 811. The zero-order valence-electron chi connectivity index (χ0n) is 16.0. The average Bonchev–Trinajstić information content (AvgIpc) is 2.63. The molecule has 1 atom stereocenters. The fourth-order valence-electron chi connectivity index (χ4n) is 3.34. The monoisotopic (exact) mass is 406 g/mol. The second-order valence-corrected chi connectivity index (χ2v) is 7.09. The van der Waals surface area contributed by atoms with Gasteiger partial charge in [-0.25, -0.2) is 4.79 Å². The van der Waals surface area contributed by atoms with Crippen LogP contribution in [0, 0.1) is 0 Å². The van der Waals surface area contributed by atoms with E-state index < -0.39 is 31.1 Å². The number of carboxylic acid groups (broad SMARTS) is 1. The van der Waals surface area contributed by atoms with Crippen molar-refractivity contribution in [2.45, 2.75) is 38.2 Å². The minimum atomic E-state index is -1.22. The van der Waals surface area contributed by atoms with E-state index in [9.17, 15) is 24.5 Å². The average molecular weight is 406 g/mol. The van der Waals surface area contributed by atoms with Crippen molar-refractivity contribution in [3.05, 3.63) is 23.3 Å². The van der Waals surface area contributed by atoms with Gasteiger partial charge in [0, 0.05) is 6.42 Å². The smallest absolute Gasteiger partial charge is 0.522 e. The summed E-state index contributed by atoms with van der Waals surface area (Å²) in [6.45, 7) is 1.76. The van der Waals surface area contributed by atoms with Gasteiger partial charge < -0.3 is 34.8 Å². The number of hydrogen-bond acceptors (Lipinski definition) is 7. The number of amides is 2. The lowest BCUT2D eigenvalue weighted by Crippen LogP contribution is -2.60. The molecule has 0 saturated carbocycles. The highest BCUT2D eigenvalue weighted by molar-refractivity contribution is 6.44. The van der Waals surface area contributed by atoms with Crippen LogP contribution >= 0.6 is 0 Å². The van der Waals surface area contributed by atoms with Crippen LogP contribution < -0.4 is 14.7 Å². The number of hydrogen-bond donors (Lipinski definition) is 4. The van der Waals surface area contributed by atoms with Gasteiger partial charge in [0.25, 0.3) is 0 Å². The summed E-state index contributed by atoms with van der Waals surface area (Å²) < 4.78 is 11.1. The number of benzene rings is 1. The molecule has 0 spiro atoms. The number of aromatic carboxylic acids is 1. The van der Waals surface area contributed by atoms with Crippen molar-refractivity contribution >= 4 is 24.9 Å². The molecule has 2 heterocycles. The van der Waals surface area contributed by atoms with Crippen LogP contribution in [0.4, 0.5) is 0 Å². The van der Waals surface area contributed by atoms with Gasteiger partial charge in [0.1, 0.15) is 29.2 Å². The predicted molar refractivity (Wildman–Crippen MR) is 101 cm³/mol. The van der Waals surface area contributed by atoms with E-state index in [-0.39, 0.29) is 49.1 Å². The number of nitrogens with zero attached hydrogens (tertiary/aromatic N) is 1. The molecule has 0 radical (unpaired) electrons. The number of aliphatic hydroxyl groups is 1. The number of likely N-dealkylation sites (tertiary alicyclic amines) is 1. The molecule has 2 aliphatic heterocycles. The Morgan fingerprint density at radius 1 is 1.38 bits per heavy atom. The van der Waals surface area contributed by atoms with Crippen molar-refractivity contribution in [1.29, 1.82) is 0 Å². The third kappa shape index (κ3) is 4.62. The summed E-state index contributed by atoms with van der Waals surface area (Å²) in [6, 6.07) is 2.54. The van der Waals surface area contributed by atoms with Crippen molar-refractivity contribution in [2.75, 3.05) is 19.7 Å². The number of ether oxygens (including phenoxy) is 1. The first-order chi connectivity index (χ1) is 13.8. The lowest BCUT2D eigenvalue weighted by molar-refractivity contribution is -0.143. The lowest BCUT2D eigenvalue weighted by Gasteiger charge is -2.40. The van der Waals surface area contributed by atoms with Gasteiger partial charge in [-0.15, -0.1) is 0 Å². The second kappa shape index (κ2) is 8.70. The number of nitrogens with one attached hydrogen (secondary N) is 1. The molecule has 2 amide bonds. The molecule has 4 N–H and O–H groups in total. The Kier molecular flexibility index (Phi) is 6.28. The summed E-state index contributed by atoms with van der Waals surface area (Å²) in [5, 5.41) is 30.5. The molecule has 1 aromatic rings. The fourth-order valence-corrected chi connectivity index (χ4v) is 3.34. The highest BCUT2D eigenvalue weighted by Crippen LogP contribution is 2.37. The van der Waals surface area contributed by atoms with Crippen LogP contribution in [0.2, 0.25) is 6.32 Å². The van der Waals surface area contributed by atoms with Crippen LogP contribution in [0.15, 0.2) is 12.1 Å². The van der Waals surface area contributed by atoms with Gasteiger partial charge in [-0.05, 0) is 31.3 Å². The molecule has 2 aliphatic rings. The van der Waals surface area contributed by atoms with Gasteiger partial charge in [0.2, 0.25) is 11.8 Å². The molecule has 0 unspecified atom stereocenters. The zero-order chi connectivity index (χ0) is 21.1. The first kappa shape index (κ1) is 20.9. The SMILES string of the molecule is C[C@@H](NC(=O)CCO)C(=O)N1CC(Oc2ccc3c(c2C(=O)O)OB(O)CC3)C1. The standard InChI is InChI=1S/C18H23BN2O8/c1-10(20-14(23)5-7-22)17(24)21-8-12(9-21)28-13-3-2-11-4-6-19(27)29-16(11)15(13)18(25)26/h2-3,10,12,22,27H,4-9H2,1H3,(H,20,23)(H,25,26)/t10-/m1/s1. The molecular weight excluding hydrogens is 383 g/mol. The highest BCUT2D eigenvalue weighted by atomic mass is 16.5. The van der Waals surface area contributed by atoms with E-state index >= 15 is 0 Å². The Hall–Kier alpha value is -2.79. The molecule has 1 fully saturated rings. The summed E-state index contributed by atoms with van der Waals surface area (Å²) in [6.07, 6.45) is 0.418. The fraction of sp³-hybridized carbons (Fsp3) is 0.500. The molecule has 29 heavy (non-hydrogen) atoms. The van der Waals surface area contributed by atoms with E-state index in [1.165, 1.54) is 4.90 Å². The van der Waals surface area contributed by atoms with Crippen LogP contribution in [-0.4, -0.2) is 76.9 Å². The van der Waals surface area contributed by atoms with Gasteiger partial charge >= 0.3 is 13.1 Å². The minimum Gasteiger partial charge on any atom is -0.535 e. The normalized spacial score (nSPS) is 16.9. The molecule has 10 nitrogen and oxygen atoms in total. The van der Waals surface area contributed by atoms with Gasteiger partial charge in [-0.1, -0.05) is 6.07 Å². The molecule has 0 aromatic heterocycles. The molecule has 1 aromatic carbocycles. The lowest BCUT2D eigenvalue weighted by atomic mass is 9.78. The highest BCUT2D eigenvalue weighted by Gasteiger charge is 2.37. The number of carbonyl (C=O) groups is 3. The number of carboxylic acids is 1. The first-order valence-corrected chi connectivity index (χ1v) is 9.39. The summed E-state index contributed by atoms with van der Waals surface area (Å²) in [4.78, 5) is 37.0. The maximum Gasteiger partial charge on any atom is 0.522 e. The van der Waals surface area contributed by atoms with E-state index in [4.69, 9.17) is 14.5 Å². The van der Waals surface area contributed by atoms with Crippen molar-refractivity contribution in [3.63, 3.8) is 0 Å². The molecular formula is C18H23BN2O8. The first-order valence-electron chi connectivity index (χ1n) is 9.39.